The topological polar surface area (TPSA) is 66.3 Å². The lowest BCUT2D eigenvalue weighted by Gasteiger charge is -2.08. The zero-order chi connectivity index (χ0) is 15.5. The van der Waals surface area contributed by atoms with Crippen LogP contribution >= 0.6 is 11.9 Å². The summed E-state index contributed by atoms with van der Waals surface area (Å²) in [6, 6.07) is 8.18. The Bertz CT molecular complexity index is 475. The number of nitrogens with zero attached hydrogens (tertiary/aromatic N) is 1. The molecule has 0 heterocycles. The molecule has 0 amide bonds. The fourth-order valence-corrected chi connectivity index (χ4v) is 2.52. The third-order valence-corrected chi connectivity index (χ3v) is 4.03. The van der Waals surface area contributed by atoms with Crippen molar-refractivity contribution in [3.05, 3.63) is 24.3 Å². The Morgan fingerprint density at radius 1 is 1.27 bits per heavy atom. The second-order valence-electron chi connectivity index (χ2n) is 5.23. The number of ether oxygens (including phenoxy) is 2. The summed E-state index contributed by atoms with van der Waals surface area (Å²) in [5, 5.41) is 10.8. The third-order valence-electron chi connectivity index (χ3n) is 3.20. The molecule has 0 aromatic heterocycles. The van der Waals surface area contributed by atoms with E-state index in [1.165, 1.54) is 12.8 Å². The lowest BCUT2D eigenvalue weighted by atomic mass is 10.3. The maximum absolute atomic E-state index is 8.29. The highest BCUT2D eigenvalue weighted by molar-refractivity contribution is 7.97. The van der Waals surface area contributed by atoms with Crippen molar-refractivity contribution in [2.24, 2.45) is 5.92 Å². The first-order chi connectivity index (χ1) is 10.9. The highest BCUT2D eigenvalue weighted by Crippen LogP contribution is 2.30. The van der Waals surface area contributed by atoms with E-state index in [0.717, 1.165) is 36.1 Å². The van der Waals surface area contributed by atoms with Gasteiger partial charge in [-0.3, -0.25) is 4.72 Å². The van der Waals surface area contributed by atoms with Gasteiger partial charge in [-0.15, -0.1) is 0 Å². The number of hydrogen-bond donors (Lipinski definition) is 2. The van der Waals surface area contributed by atoms with E-state index in [9.17, 15) is 0 Å². The Kier molecular flexibility index (Phi) is 7.96. The van der Waals surface area contributed by atoms with E-state index in [0.29, 0.717) is 19.8 Å². The van der Waals surface area contributed by atoms with Crippen molar-refractivity contribution < 1.29 is 9.47 Å². The minimum Gasteiger partial charge on any atom is -0.493 e. The standard InChI is InChI=1S/C16H23N3O2S/c17-13-18-8-10-20-9-2-7-19-22-16-4-1-3-15(11-16)21-12-14-5-6-14/h1,3-4,11,14,18-19H,2,5-10,12H2. The summed E-state index contributed by atoms with van der Waals surface area (Å²) >= 11 is 1.62. The van der Waals surface area contributed by atoms with Crippen LogP contribution in [0.15, 0.2) is 29.2 Å². The van der Waals surface area contributed by atoms with E-state index in [-0.39, 0.29) is 0 Å². The van der Waals surface area contributed by atoms with Gasteiger partial charge in [0.15, 0.2) is 6.19 Å². The Labute approximate surface area is 136 Å². The number of hydrogen-bond acceptors (Lipinski definition) is 6. The first-order valence-electron chi connectivity index (χ1n) is 7.71. The van der Waals surface area contributed by atoms with Crippen LogP contribution < -0.4 is 14.8 Å². The predicted molar refractivity (Wildman–Crippen MR) is 87.6 cm³/mol. The van der Waals surface area contributed by atoms with Crippen LogP contribution in [-0.4, -0.2) is 32.9 Å². The molecule has 0 atom stereocenters. The molecule has 2 rings (SSSR count). The average Bonchev–Trinajstić information content (AvgIpc) is 3.36. The molecule has 0 radical (unpaired) electrons. The normalized spacial score (nSPS) is 13.6. The van der Waals surface area contributed by atoms with Gasteiger partial charge in [0.2, 0.25) is 0 Å². The van der Waals surface area contributed by atoms with Crippen LogP contribution in [0.3, 0.4) is 0 Å². The summed E-state index contributed by atoms with van der Waals surface area (Å²) < 4.78 is 14.5. The highest BCUT2D eigenvalue weighted by Gasteiger charge is 2.21. The van der Waals surface area contributed by atoms with Crippen LogP contribution in [0.5, 0.6) is 5.75 Å². The zero-order valence-corrected chi connectivity index (χ0v) is 13.5. The van der Waals surface area contributed by atoms with Crippen LogP contribution in [0, 0.1) is 17.4 Å². The van der Waals surface area contributed by atoms with Crippen molar-refractivity contribution in [2.45, 2.75) is 24.2 Å². The Morgan fingerprint density at radius 2 is 2.18 bits per heavy atom. The molecular formula is C16H23N3O2S. The quantitative estimate of drug-likeness (QED) is 0.267. The van der Waals surface area contributed by atoms with Crippen LogP contribution in [0.4, 0.5) is 0 Å². The Hall–Kier alpha value is -1.42. The summed E-state index contributed by atoms with van der Waals surface area (Å²) in [7, 11) is 0. The van der Waals surface area contributed by atoms with Gasteiger partial charge in [0.1, 0.15) is 5.75 Å². The molecule has 6 heteroatoms. The fourth-order valence-electron chi connectivity index (χ4n) is 1.79. The van der Waals surface area contributed by atoms with E-state index < -0.39 is 0 Å². The molecule has 1 aliphatic rings. The van der Waals surface area contributed by atoms with Gasteiger partial charge >= 0.3 is 0 Å². The second kappa shape index (κ2) is 10.3. The van der Waals surface area contributed by atoms with Crippen molar-refractivity contribution in [1.82, 2.24) is 10.0 Å². The molecule has 1 aliphatic carbocycles. The molecule has 1 aromatic carbocycles. The molecule has 0 aliphatic heterocycles. The van der Waals surface area contributed by atoms with E-state index in [2.05, 4.69) is 22.2 Å². The maximum Gasteiger partial charge on any atom is 0.176 e. The smallest absolute Gasteiger partial charge is 0.176 e. The Morgan fingerprint density at radius 3 is 3.00 bits per heavy atom. The van der Waals surface area contributed by atoms with Crippen LogP contribution in [-0.2, 0) is 4.74 Å². The van der Waals surface area contributed by atoms with Gasteiger partial charge < -0.3 is 14.8 Å². The van der Waals surface area contributed by atoms with Crippen LogP contribution in [0.25, 0.3) is 0 Å². The van der Waals surface area contributed by atoms with Gasteiger partial charge in [0.25, 0.3) is 0 Å². The molecule has 0 unspecified atom stereocenters. The molecular weight excluding hydrogens is 298 g/mol. The summed E-state index contributed by atoms with van der Waals surface area (Å²) in [6.45, 7) is 3.57. The fraction of sp³-hybridized carbons (Fsp3) is 0.562. The van der Waals surface area contributed by atoms with Gasteiger partial charge in [-0.2, -0.15) is 5.26 Å². The summed E-state index contributed by atoms with van der Waals surface area (Å²) in [6.07, 6.45) is 5.43. The first-order valence-corrected chi connectivity index (χ1v) is 8.52. The maximum atomic E-state index is 8.29. The van der Waals surface area contributed by atoms with Crippen molar-refractivity contribution in [3.63, 3.8) is 0 Å². The zero-order valence-electron chi connectivity index (χ0n) is 12.7. The largest absolute Gasteiger partial charge is 0.493 e. The second-order valence-corrected chi connectivity index (χ2v) is 6.19. The molecule has 0 spiro atoms. The van der Waals surface area contributed by atoms with Gasteiger partial charge in [0, 0.05) is 24.6 Å². The third kappa shape index (κ3) is 7.55. The molecule has 120 valence electrons. The Balaban J connectivity index is 1.51. The van der Waals surface area contributed by atoms with Crippen molar-refractivity contribution in [1.29, 1.82) is 5.26 Å². The minimum atomic E-state index is 0.571. The number of benzene rings is 1. The first kappa shape index (κ1) is 16.9. The summed E-state index contributed by atoms with van der Waals surface area (Å²) in [5.74, 6) is 1.73. The van der Waals surface area contributed by atoms with Crippen molar-refractivity contribution in [3.8, 4) is 11.9 Å². The highest BCUT2D eigenvalue weighted by atomic mass is 32.2. The van der Waals surface area contributed by atoms with Crippen molar-refractivity contribution in [2.75, 3.05) is 32.9 Å². The van der Waals surface area contributed by atoms with E-state index in [1.807, 2.05) is 18.3 Å². The molecule has 1 saturated carbocycles. The lowest BCUT2D eigenvalue weighted by Crippen LogP contribution is -2.15. The lowest BCUT2D eigenvalue weighted by molar-refractivity contribution is 0.137. The molecule has 1 aromatic rings. The number of rotatable bonds is 12. The molecule has 0 saturated heterocycles. The van der Waals surface area contributed by atoms with E-state index >= 15 is 0 Å². The minimum absolute atomic E-state index is 0.571. The van der Waals surface area contributed by atoms with Crippen LogP contribution in [0.1, 0.15) is 19.3 Å². The number of nitrogens with one attached hydrogen (secondary N) is 2. The summed E-state index contributed by atoms with van der Waals surface area (Å²) in [4.78, 5) is 1.16. The average molecular weight is 321 g/mol. The van der Waals surface area contributed by atoms with Crippen LogP contribution in [0.2, 0.25) is 0 Å². The monoisotopic (exact) mass is 321 g/mol. The number of nitriles is 1. The van der Waals surface area contributed by atoms with E-state index in [1.54, 1.807) is 11.9 Å². The van der Waals surface area contributed by atoms with Gasteiger partial charge in [-0.1, -0.05) is 6.07 Å². The molecule has 22 heavy (non-hydrogen) atoms. The molecule has 0 bridgehead atoms. The SMILES string of the molecule is N#CNCCOCCCNSc1cccc(OCC2CC2)c1. The van der Waals surface area contributed by atoms with E-state index in [4.69, 9.17) is 14.7 Å². The van der Waals surface area contributed by atoms with Gasteiger partial charge in [0.05, 0.1) is 13.2 Å². The van der Waals surface area contributed by atoms with Gasteiger partial charge in [-0.25, -0.2) is 0 Å². The predicted octanol–water partition coefficient (Wildman–Crippen LogP) is 2.55. The molecule has 5 nitrogen and oxygen atoms in total. The van der Waals surface area contributed by atoms with Gasteiger partial charge in [-0.05, 0) is 55.3 Å². The molecule has 1 fully saturated rings. The molecule has 2 N–H and O–H groups in total. The van der Waals surface area contributed by atoms with Crippen molar-refractivity contribution >= 4 is 11.9 Å². The summed E-state index contributed by atoms with van der Waals surface area (Å²) in [5.41, 5.74) is 0.